The molecule has 1 aliphatic rings. The summed E-state index contributed by atoms with van der Waals surface area (Å²) in [5, 5.41) is 4.52. The van der Waals surface area contributed by atoms with Crippen LogP contribution in [0.1, 0.15) is 22.5 Å². The van der Waals surface area contributed by atoms with Crippen LogP contribution in [-0.2, 0) is 9.53 Å². The number of hydrogen-bond donors (Lipinski definition) is 2. The minimum Gasteiger partial charge on any atom is -0.465 e. The van der Waals surface area contributed by atoms with Gasteiger partial charge in [-0.2, -0.15) is 0 Å². The van der Waals surface area contributed by atoms with Crippen LogP contribution in [0.25, 0.3) is 0 Å². The van der Waals surface area contributed by atoms with Crippen LogP contribution < -0.4 is 11.1 Å². The van der Waals surface area contributed by atoms with Gasteiger partial charge < -0.3 is 15.8 Å². The van der Waals surface area contributed by atoms with Crippen LogP contribution in [0.5, 0.6) is 0 Å². The van der Waals surface area contributed by atoms with Gasteiger partial charge in [0.1, 0.15) is 4.88 Å². The number of carbonyl (C=O) groups is 2. The number of rotatable bonds is 5. The Balaban J connectivity index is 0.00000220. The first-order valence-corrected chi connectivity index (χ1v) is 7.43. The Bertz CT molecular complexity index is 495. The first kappa shape index (κ1) is 17.9. The molecule has 6 nitrogen and oxygen atoms in total. The van der Waals surface area contributed by atoms with Gasteiger partial charge in [0.2, 0.25) is 5.91 Å². The molecule has 1 amide bonds. The number of esters is 1. The Morgan fingerprint density at radius 3 is 3.00 bits per heavy atom. The van der Waals surface area contributed by atoms with Gasteiger partial charge in [-0.3, -0.25) is 9.69 Å². The Morgan fingerprint density at radius 1 is 1.57 bits per heavy atom. The van der Waals surface area contributed by atoms with Gasteiger partial charge >= 0.3 is 5.97 Å². The second-order valence-corrected chi connectivity index (χ2v) is 5.62. The van der Waals surface area contributed by atoms with Crippen LogP contribution >= 0.6 is 23.7 Å². The van der Waals surface area contributed by atoms with E-state index in [-0.39, 0.29) is 24.4 Å². The monoisotopic (exact) mass is 333 g/mol. The molecule has 0 spiro atoms. The molecular weight excluding hydrogens is 314 g/mol. The molecule has 118 valence electrons. The van der Waals surface area contributed by atoms with Crippen molar-refractivity contribution >= 4 is 41.3 Å². The van der Waals surface area contributed by atoms with E-state index in [9.17, 15) is 9.59 Å². The van der Waals surface area contributed by atoms with Crippen LogP contribution in [0.2, 0.25) is 0 Å². The second kappa shape index (κ2) is 8.33. The molecule has 0 bridgehead atoms. The Labute approximate surface area is 134 Å². The number of ether oxygens (including phenoxy) is 1. The Hall–Kier alpha value is -1.15. The standard InChI is InChI=1S/C13H19N3O3S.ClH/c1-19-13(18)12-10(4-6-20-12)15-11(17)8-16-5-2-3-9(16)7-14;/h4,6,9H,2-3,5,7-8,14H2,1H3,(H,15,17);1H. The summed E-state index contributed by atoms with van der Waals surface area (Å²) >= 11 is 1.25. The minimum absolute atomic E-state index is 0. The van der Waals surface area contributed by atoms with Gasteiger partial charge in [-0.25, -0.2) is 4.79 Å². The molecule has 2 heterocycles. The SMILES string of the molecule is COC(=O)c1sccc1NC(=O)CN1CCCC1CN.Cl. The average Bonchev–Trinajstić information content (AvgIpc) is 3.06. The molecule has 8 heteroatoms. The molecule has 1 atom stereocenters. The lowest BCUT2D eigenvalue weighted by atomic mass is 10.2. The quantitative estimate of drug-likeness (QED) is 0.794. The summed E-state index contributed by atoms with van der Waals surface area (Å²) in [7, 11) is 1.32. The maximum Gasteiger partial charge on any atom is 0.350 e. The highest BCUT2D eigenvalue weighted by molar-refractivity contribution is 7.12. The highest BCUT2D eigenvalue weighted by Gasteiger charge is 2.25. The number of hydrogen-bond acceptors (Lipinski definition) is 6. The zero-order valence-corrected chi connectivity index (χ0v) is 13.5. The molecule has 3 N–H and O–H groups in total. The van der Waals surface area contributed by atoms with Crippen LogP contribution in [0.3, 0.4) is 0 Å². The predicted molar refractivity (Wildman–Crippen MR) is 85.2 cm³/mol. The number of amides is 1. The van der Waals surface area contributed by atoms with E-state index >= 15 is 0 Å². The van der Waals surface area contributed by atoms with Crippen LogP contribution in [0, 0.1) is 0 Å². The number of halogens is 1. The van der Waals surface area contributed by atoms with Crippen molar-refractivity contribution in [3.63, 3.8) is 0 Å². The van der Waals surface area contributed by atoms with Gasteiger partial charge in [0.05, 0.1) is 19.3 Å². The van der Waals surface area contributed by atoms with Crippen LogP contribution in [-0.4, -0.2) is 49.6 Å². The molecule has 0 aromatic carbocycles. The normalized spacial score (nSPS) is 18.1. The molecule has 1 aliphatic heterocycles. The molecule has 0 saturated carbocycles. The maximum absolute atomic E-state index is 12.0. The van der Waals surface area contributed by atoms with E-state index in [1.165, 1.54) is 18.4 Å². The molecular formula is C13H20ClN3O3S. The molecule has 1 aromatic rings. The van der Waals surface area contributed by atoms with E-state index in [1.807, 2.05) is 0 Å². The van der Waals surface area contributed by atoms with Gasteiger partial charge in [0.15, 0.2) is 0 Å². The summed E-state index contributed by atoms with van der Waals surface area (Å²) in [4.78, 5) is 26.1. The lowest BCUT2D eigenvalue weighted by molar-refractivity contribution is -0.117. The summed E-state index contributed by atoms with van der Waals surface area (Å²) in [6.07, 6.45) is 2.11. The minimum atomic E-state index is -0.434. The summed E-state index contributed by atoms with van der Waals surface area (Å²) in [6.45, 7) is 1.76. The van der Waals surface area contributed by atoms with Crippen LogP contribution in [0.4, 0.5) is 5.69 Å². The Morgan fingerprint density at radius 2 is 2.33 bits per heavy atom. The molecule has 0 aliphatic carbocycles. The Kier molecular flexibility index (Phi) is 7.10. The van der Waals surface area contributed by atoms with Crippen LogP contribution in [0.15, 0.2) is 11.4 Å². The lowest BCUT2D eigenvalue weighted by Crippen LogP contribution is -2.40. The number of thiophene rings is 1. The van der Waals surface area contributed by atoms with E-state index in [0.29, 0.717) is 23.7 Å². The average molecular weight is 334 g/mol. The smallest absolute Gasteiger partial charge is 0.350 e. The van der Waals surface area contributed by atoms with Crippen molar-refractivity contribution in [2.45, 2.75) is 18.9 Å². The topological polar surface area (TPSA) is 84.7 Å². The van der Waals surface area contributed by atoms with E-state index in [1.54, 1.807) is 11.4 Å². The zero-order chi connectivity index (χ0) is 14.5. The van der Waals surface area contributed by atoms with Crippen molar-refractivity contribution < 1.29 is 14.3 Å². The molecule has 1 aromatic heterocycles. The number of methoxy groups -OCH3 is 1. The first-order valence-electron chi connectivity index (χ1n) is 6.55. The van der Waals surface area contributed by atoms with E-state index < -0.39 is 5.97 Å². The maximum atomic E-state index is 12.0. The summed E-state index contributed by atoms with van der Waals surface area (Å²) < 4.78 is 4.68. The third kappa shape index (κ3) is 4.41. The molecule has 2 rings (SSSR count). The van der Waals surface area contributed by atoms with Crippen molar-refractivity contribution in [2.75, 3.05) is 32.1 Å². The summed E-state index contributed by atoms with van der Waals surface area (Å²) in [5.41, 5.74) is 6.19. The fourth-order valence-corrected chi connectivity index (χ4v) is 3.17. The van der Waals surface area contributed by atoms with E-state index in [4.69, 9.17) is 5.73 Å². The number of carbonyl (C=O) groups excluding carboxylic acids is 2. The van der Waals surface area contributed by atoms with Crippen molar-refractivity contribution in [1.29, 1.82) is 0 Å². The fraction of sp³-hybridized carbons (Fsp3) is 0.538. The third-order valence-corrected chi connectivity index (χ3v) is 4.32. The summed E-state index contributed by atoms with van der Waals surface area (Å²) in [6, 6.07) is 1.99. The fourth-order valence-electron chi connectivity index (χ4n) is 2.40. The number of likely N-dealkylation sites (tertiary alicyclic amines) is 1. The predicted octanol–water partition coefficient (Wildman–Crippen LogP) is 1.32. The van der Waals surface area contributed by atoms with E-state index in [2.05, 4.69) is 15.0 Å². The molecule has 21 heavy (non-hydrogen) atoms. The summed E-state index contributed by atoms with van der Waals surface area (Å²) in [5.74, 6) is -0.565. The van der Waals surface area contributed by atoms with Gasteiger partial charge in [-0.15, -0.1) is 23.7 Å². The van der Waals surface area contributed by atoms with Gasteiger partial charge in [-0.1, -0.05) is 0 Å². The largest absolute Gasteiger partial charge is 0.465 e. The van der Waals surface area contributed by atoms with Gasteiger partial charge in [0.25, 0.3) is 0 Å². The number of anilines is 1. The lowest BCUT2D eigenvalue weighted by Gasteiger charge is -2.22. The second-order valence-electron chi connectivity index (χ2n) is 4.71. The number of nitrogens with two attached hydrogens (primary N) is 1. The number of nitrogens with zero attached hydrogens (tertiary/aromatic N) is 1. The zero-order valence-electron chi connectivity index (χ0n) is 11.8. The highest BCUT2D eigenvalue weighted by atomic mass is 35.5. The third-order valence-electron chi connectivity index (χ3n) is 3.43. The number of nitrogens with one attached hydrogen (secondary N) is 1. The van der Waals surface area contributed by atoms with E-state index in [0.717, 1.165) is 19.4 Å². The molecule has 1 saturated heterocycles. The molecule has 1 unspecified atom stereocenters. The van der Waals surface area contributed by atoms with Crippen molar-refractivity contribution in [3.8, 4) is 0 Å². The molecule has 0 radical (unpaired) electrons. The van der Waals surface area contributed by atoms with Crippen molar-refractivity contribution in [2.24, 2.45) is 5.73 Å². The molecule has 1 fully saturated rings. The van der Waals surface area contributed by atoms with Crippen molar-refractivity contribution in [1.82, 2.24) is 4.90 Å². The van der Waals surface area contributed by atoms with Gasteiger partial charge in [0, 0.05) is 12.6 Å². The van der Waals surface area contributed by atoms with Gasteiger partial charge in [-0.05, 0) is 30.8 Å². The highest BCUT2D eigenvalue weighted by Crippen LogP contribution is 2.23. The van der Waals surface area contributed by atoms with Crippen molar-refractivity contribution in [3.05, 3.63) is 16.3 Å². The first-order chi connectivity index (χ1) is 9.65.